The maximum absolute atomic E-state index is 11.7. The van der Waals surface area contributed by atoms with Gasteiger partial charge in [-0.05, 0) is 46.8 Å². The van der Waals surface area contributed by atoms with Crippen molar-refractivity contribution in [2.45, 2.75) is 19.4 Å². The van der Waals surface area contributed by atoms with Gasteiger partial charge in [0.25, 0.3) is 0 Å². The van der Waals surface area contributed by atoms with E-state index in [0.29, 0.717) is 15.1 Å². The molecule has 0 heterocycles. The highest BCUT2D eigenvalue weighted by molar-refractivity contribution is 9.10. The van der Waals surface area contributed by atoms with Crippen LogP contribution < -0.4 is 10.2 Å². The number of phenols is 1. The summed E-state index contributed by atoms with van der Waals surface area (Å²) >= 11 is 14.4. The lowest BCUT2D eigenvalue weighted by Gasteiger charge is -2.20. The first-order valence-electron chi connectivity index (χ1n) is 6.35. The fourth-order valence-electron chi connectivity index (χ4n) is 1.78. The fraction of sp³-hybridized carbons (Fsp3) is 0.385. The minimum Gasteiger partial charge on any atom is -0.506 e. The van der Waals surface area contributed by atoms with Gasteiger partial charge in [-0.25, -0.2) is 4.84 Å². The molecule has 122 valence electrons. The van der Waals surface area contributed by atoms with Crippen molar-refractivity contribution < 1.29 is 19.4 Å². The molecule has 1 aromatic carbocycles. The normalized spacial score (nSPS) is 11.8. The molecule has 1 aromatic rings. The number of aromatic hydroxyl groups is 1. The number of hydrogen-bond acceptors (Lipinski definition) is 5. The van der Waals surface area contributed by atoms with Gasteiger partial charge in [0.05, 0.1) is 30.1 Å². The lowest BCUT2D eigenvalue weighted by Crippen LogP contribution is -2.35. The van der Waals surface area contributed by atoms with Crippen molar-refractivity contribution >= 4 is 51.2 Å². The van der Waals surface area contributed by atoms with Crippen molar-refractivity contribution in [3.05, 3.63) is 27.2 Å². The van der Waals surface area contributed by atoms with Crippen LogP contribution in [0.2, 0.25) is 5.02 Å². The molecule has 0 spiro atoms. The van der Waals surface area contributed by atoms with Crippen LogP contribution in [0.5, 0.6) is 5.75 Å². The van der Waals surface area contributed by atoms with Crippen LogP contribution in [0.15, 0.2) is 16.6 Å². The molecule has 0 aliphatic heterocycles. The maximum Gasteiger partial charge on any atom is 0.308 e. The number of rotatable bonds is 7. The Morgan fingerprint density at radius 1 is 1.45 bits per heavy atom. The molecule has 0 aliphatic carbocycles. The molecule has 0 bridgehead atoms. The summed E-state index contributed by atoms with van der Waals surface area (Å²) < 4.78 is 5.23. The van der Waals surface area contributed by atoms with E-state index in [1.165, 1.54) is 12.1 Å². The molecule has 0 saturated carbocycles. The van der Waals surface area contributed by atoms with Crippen molar-refractivity contribution in [2.75, 3.05) is 13.2 Å². The highest BCUT2D eigenvalue weighted by atomic mass is 79.9. The third-order valence-electron chi connectivity index (χ3n) is 2.67. The van der Waals surface area contributed by atoms with Gasteiger partial charge >= 0.3 is 5.97 Å². The predicted molar refractivity (Wildman–Crippen MR) is 86.8 cm³/mol. The van der Waals surface area contributed by atoms with Crippen molar-refractivity contribution in [3.8, 4) is 5.75 Å². The molecule has 0 aromatic heterocycles. The van der Waals surface area contributed by atoms with Crippen LogP contribution >= 0.6 is 39.3 Å². The first-order chi connectivity index (χ1) is 10.4. The molecular formula is C13H15BrCl2N2O4. The predicted octanol–water partition coefficient (Wildman–Crippen LogP) is 2.66. The average molecular weight is 414 g/mol. The van der Waals surface area contributed by atoms with Crippen LogP contribution in [-0.4, -0.2) is 30.1 Å². The Bertz CT molecular complexity index is 537. The van der Waals surface area contributed by atoms with Gasteiger partial charge in [0.15, 0.2) is 0 Å². The fourth-order valence-corrected chi connectivity index (χ4v) is 2.74. The average Bonchev–Trinajstić information content (AvgIpc) is 2.42. The van der Waals surface area contributed by atoms with Crippen LogP contribution in [0.4, 0.5) is 0 Å². The van der Waals surface area contributed by atoms with E-state index in [9.17, 15) is 14.7 Å². The summed E-state index contributed by atoms with van der Waals surface area (Å²) in [7, 11) is 0. The number of halogens is 3. The van der Waals surface area contributed by atoms with E-state index in [4.69, 9.17) is 28.1 Å². The topological polar surface area (TPSA) is 87.7 Å². The molecule has 1 unspecified atom stereocenters. The van der Waals surface area contributed by atoms with E-state index in [-0.39, 0.29) is 25.3 Å². The number of nitrogens with one attached hydrogen (secondary N) is 2. The SMILES string of the molecule is CCOC(=O)CC(NC(=O)CNCl)c1cc(Cl)cc(Br)c1O. The van der Waals surface area contributed by atoms with Crippen LogP contribution in [-0.2, 0) is 14.3 Å². The number of hydrogen-bond donors (Lipinski definition) is 3. The summed E-state index contributed by atoms with van der Waals surface area (Å²) in [6.45, 7) is 1.74. The monoisotopic (exact) mass is 412 g/mol. The Kier molecular flexibility index (Phi) is 7.95. The van der Waals surface area contributed by atoms with E-state index in [2.05, 4.69) is 26.1 Å². The van der Waals surface area contributed by atoms with Gasteiger partial charge in [-0.1, -0.05) is 11.6 Å². The highest BCUT2D eigenvalue weighted by Gasteiger charge is 2.23. The van der Waals surface area contributed by atoms with Gasteiger partial charge in [0.1, 0.15) is 5.75 Å². The smallest absolute Gasteiger partial charge is 0.308 e. The van der Waals surface area contributed by atoms with Crippen LogP contribution in [0, 0.1) is 0 Å². The highest BCUT2D eigenvalue weighted by Crippen LogP contribution is 2.36. The summed E-state index contributed by atoms with van der Waals surface area (Å²) in [5.41, 5.74) is 0.301. The number of ether oxygens (including phenoxy) is 1. The van der Waals surface area contributed by atoms with E-state index >= 15 is 0 Å². The second kappa shape index (κ2) is 9.19. The molecular weight excluding hydrogens is 399 g/mol. The third-order valence-corrected chi connectivity index (χ3v) is 3.63. The zero-order valence-corrected chi connectivity index (χ0v) is 14.8. The van der Waals surface area contributed by atoms with Crippen LogP contribution in [0.25, 0.3) is 0 Å². The van der Waals surface area contributed by atoms with Gasteiger partial charge in [0.2, 0.25) is 5.91 Å². The zero-order valence-electron chi connectivity index (χ0n) is 11.7. The van der Waals surface area contributed by atoms with Crippen molar-refractivity contribution in [1.82, 2.24) is 10.2 Å². The minimum atomic E-state index is -0.799. The van der Waals surface area contributed by atoms with Crippen molar-refractivity contribution in [2.24, 2.45) is 0 Å². The summed E-state index contributed by atoms with van der Waals surface area (Å²) in [4.78, 5) is 25.6. The van der Waals surface area contributed by atoms with E-state index in [1.54, 1.807) is 6.92 Å². The minimum absolute atomic E-state index is 0.113. The number of carbonyl (C=O) groups is 2. The van der Waals surface area contributed by atoms with Gasteiger partial charge in [-0.15, -0.1) is 0 Å². The molecule has 9 heteroatoms. The molecule has 3 N–H and O–H groups in total. The molecule has 1 rings (SSSR count). The second-order valence-corrected chi connectivity index (χ2v) is 5.82. The zero-order chi connectivity index (χ0) is 16.7. The molecule has 0 aliphatic rings. The summed E-state index contributed by atoms with van der Waals surface area (Å²) in [5, 5.41) is 13.1. The summed E-state index contributed by atoms with van der Waals surface area (Å²) in [6.07, 6.45) is -0.151. The molecule has 0 saturated heterocycles. The Morgan fingerprint density at radius 2 is 2.14 bits per heavy atom. The lowest BCUT2D eigenvalue weighted by atomic mass is 10.0. The standard InChI is InChI=1S/C13H15BrCl2N2O4/c1-2-22-12(20)5-10(18-11(19)6-17-16)8-3-7(15)4-9(14)13(8)21/h3-4,10,17,21H,2,5-6H2,1H3,(H,18,19). The quantitative estimate of drug-likeness (QED) is 0.472. The number of amides is 1. The lowest BCUT2D eigenvalue weighted by molar-refractivity contribution is -0.143. The van der Waals surface area contributed by atoms with E-state index in [0.717, 1.165) is 0 Å². The largest absolute Gasteiger partial charge is 0.506 e. The molecule has 0 radical (unpaired) electrons. The molecule has 1 amide bonds. The number of benzene rings is 1. The first-order valence-corrected chi connectivity index (χ1v) is 7.90. The number of phenolic OH excluding ortho intramolecular Hbond substituents is 1. The van der Waals surface area contributed by atoms with E-state index < -0.39 is 17.9 Å². The van der Waals surface area contributed by atoms with Gasteiger partial charge < -0.3 is 15.2 Å². The van der Waals surface area contributed by atoms with Gasteiger partial charge in [-0.3, -0.25) is 9.59 Å². The Morgan fingerprint density at radius 3 is 2.73 bits per heavy atom. The first kappa shape index (κ1) is 19.0. The molecule has 6 nitrogen and oxygen atoms in total. The Hall–Kier alpha value is -1.02. The Labute approximate surface area is 146 Å². The van der Waals surface area contributed by atoms with Gasteiger partial charge in [-0.2, -0.15) is 0 Å². The van der Waals surface area contributed by atoms with Crippen LogP contribution in [0.3, 0.4) is 0 Å². The summed E-state index contributed by atoms with van der Waals surface area (Å²) in [5.74, 6) is -1.07. The summed E-state index contributed by atoms with van der Waals surface area (Å²) in [6, 6.07) is 2.18. The van der Waals surface area contributed by atoms with Crippen LogP contribution in [0.1, 0.15) is 24.9 Å². The number of carbonyl (C=O) groups excluding carboxylic acids is 2. The Balaban J connectivity index is 3.08. The van der Waals surface area contributed by atoms with E-state index in [1.807, 2.05) is 0 Å². The molecule has 0 fully saturated rings. The maximum atomic E-state index is 11.7. The molecule has 1 atom stereocenters. The molecule has 22 heavy (non-hydrogen) atoms. The van der Waals surface area contributed by atoms with Crippen molar-refractivity contribution in [1.29, 1.82) is 0 Å². The third kappa shape index (κ3) is 5.64. The second-order valence-electron chi connectivity index (χ2n) is 4.27. The number of esters is 1. The van der Waals surface area contributed by atoms with Gasteiger partial charge in [0, 0.05) is 10.6 Å². The van der Waals surface area contributed by atoms with Crippen molar-refractivity contribution in [3.63, 3.8) is 0 Å².